The van der Waals surface area contributed by atoms with Crippen molar-refractivity contribution in [2.75, 3.05) is 13.1 Å². The minimum absolute atomic E-state index is 0.0739. The van der Waals surface area contributed by atoms with Crippen LogP contribution in [-0.2, 0) is 0 Å². The van der Waals surface area contributed by atoms with Crippen LogP contribution in [0.1, 0.15) is 40.3 Å². The molecule has 1 fully saturated rings. The summed E-state index contributed by atoms with van der Waals surface area (Å²) >= 11 is 0. The van der Waals surface area contributed by atoms with E-state index in [2.05, 4.69) is 0 Å². The molecule has 94 valence electrons. The molecule has 0 bridgehead atoms. The predicted molar refractivity (Wildman–Crippen MR) is 66.0 cm³/mol. The first-order valence-corrected chi connectivity index (χ1v) is 6.14. The van der Waals surface area contributed by atoms with Gasteiger partial charge in [0, 0.05) is 24.7 Å². The van der Waals surface area contributed by atoms with Crippen molar-refractivity contribution in [1.29, 1.82) is 0 Å². The number of hydrogen-bond acceptors (Lipinski definition) is 3. The Balaban J connectivity index is 2.28. The maximum Gasteiger partial charge on any atom is 0.257 e. The Morgan fingerprint density at radius 3 is 2.41 bits per heavy atom. The highest BCUT2D eigenvalue weighted by atomic mass is 16.3. The number of amides is 1. The van der Waals surface area contributed by atoms with E-state index < -0.39 is 0 Å². The normalized spacial score (nSPS) is 15.1. The lowest BCUT2D eigenvalue weighted by atomic mass is 10.1. The molecule has 1 aromatic rings. The van der Waals surface area contributed by atoms with Gasteiger partial charge in [-0.3, -0.25) is 4.79 Å². The molecule has 1 aliphatic carbocycles. The number of nitrogens with two attached hydrogens (primary N) is 1. The molecule has 0 aromatic carbocycles. The summed E-state index contributed by atoms with van der Waals surface area (Å²) in [4.78, 5) is 14.4. The van der Waals surface area contributed by atoms with Crippen molar-refractivity contribution in [3.63, 3.8) is 0 Å². The second-order valence-corrected chi connectivity index (χ2v) is 4.73. The summed E-state index contributed by atoms with van der Waals surface area (Å²) in [5, 5.41) is 0. The highest BCUT2D eigenvalue weighted by molar-refractivity contribution is 5.97. The van der Waals surface area contributed by atoms with Crippen molar-refractivity contribution in [2.24, 2.45) is 5.73 Å². The zero-order valence-electron chi connectivity index (χ0n) is 10.7. The third kappa shape index (κ3) is 2.22. The van der Waals surface area contributed by atoms with Crippen LogP contribution in [0.15, 0.2) is 4.42 Å². The fraction of sp³-hybridized carbons (Fsp3) is 0.615. The second kappa shape index (κ2) is 4.53. The summed E-state index contributed by atoms with van der Waals surface area (Å²) in [6.07, 6.45) is 2.20. The highest BCUT2D eigenvalue weighted by Crippen LogP contribution is 2.30. The van der Waals surface area contributed by atoms with E-state index in [1.54, 1.807) is 0 Å². The number of aryl methyl sites for hydroxylation is 2. The molecule has 2 rings (SSSR count). The Kier molecular flexibility index (Phi) is 3.24. The van der Waals surface area contributed by atoms with Crippen molar-refractivity contribution >= 4 is 5.91 Å². The molecule has 0 spiro atoms. The van der Waals surface area contributed by atoms with Crippen LogP contribution in [0.5, 0.6) is 0 Å². The fourth-order valence-electron chi connectivity index (χ4n) is 2.23. The van der Waals surface area contributed by atoms with Gasteiger partial charge in [0.25, 0.3) is 5.91 Å². The molecular formula is C13H20N2O2. The predicted octanol–water partition coefficient (Wildman–Crippen LogP) is 1.77. The number of hydrogen-bond donors (Lipinski definition) is 1. The van der Waals surface area contributed by atoms with Crippen molar-refractivity contribution < 1.29 is 9.21 Å². The molecule has 2 N–H and O–H groups in total. The number of furan rings is 1. The summed E-state index contributed by atoms with van der Waals surface area (Å²) in [6, 6.07) is 0.389. The van der Waals surface area contributed by atoms with Crippen LogP contribution in [0, 0.1) is 20.8 Å². The first-order chi connectivity index (χ1) is 8.06. The third-order valence-electron chi connectivity index (χ3n) is 3.39. The van der Waals surface area contributed by atoms with Gasteiger partial charge in [-0.15, -0.1) is 0 Å². The van der Waals surface area contributed by atoms with Crippen LogP contribution in [-0.4, -0.2) is 29.9 Å². The quantitative estimate of drug-likeness (QED) is 0.866. The summed E-state index contributed by atoms with van der Waals surface area (Å²) in [7, 11) is 0. The van der Waals surface area contributed by atoms with Crippen molar-refractivity contribution in [2.45, 2.75) is 39.7 Å². The molecule has 1 amide bonds. The molecule has 1 aliphatic rings. The molecular weight excluding hydrogens is 216 g/mol. The largest absolute Gasteiger partial charge is 0.466 e. The molecule has 4 heteroatoms. The zero-order chi connectivity index (χ0) is 12.6. The Labute approximate surface area is 102 Å². The maximum absolute atomic E-state index is 12.5. The average molecular weight is 236 g/mol. The lowest BCUT2D eigenvalue weighted by Gasteiger charge is -2.21. The van der Waals surface area contributed by atoms with Crippen LogP contribution in [0.2, 0.25) is 0 Å². The summed E-state index contributed by atoms with van der Waals surface area (Å²) in [5.74, 6) is 1.62. The Morgan fingerprint density at radius 1 is 1.35 bits per heavy atom. The van der Waals surface area contributed by atoms with Crippen LogP contribution in [0.4, 0.5) is 0 Å². The SMILES string of the molecule is Cc1oc(C)c(C(=O)N(CCN)C2CC2)c1C. The molecule has 0 atom stereocenters. The van der Waals surface area contributed by atoms with Crippen LogP contribution in [0.3, 0.4) is 0 Å². The zero-order valence-corrected chi connectivity index (χ0v) is 10.7. The van der Waals surface area contributed by atoms with E-state index in [4.69, 9.17) is 10.2 Å². The average Bonchev–Trinajstić information content (AvgIpc) is 3.05. The van der Waals surface area contributed by atoms with E-state index in [-0.39, 0.29) is 5.91 Å². The van der Waals surface area contributed by atoms with E-state index in [0.29, 0.717) is 24.9 Å². The smallest absolute Gasteiger partial charge is 0.257 e. The lowest BCUT2D eigenvalue weighted by Crippen LogP contribution is -2.37. The molecule has 0 radical (unpaired) electrons. The second-order valence-electron chi connectivity index (χ2n) is 4.73. The fourth-order valence-corrected chi connectivity index (χ4v) is 2.23. The molecule has 0 saturated heterocycles. The van der Waals surface area contributed by atoms with E-state index in [9.17, 15) is 4.79 Å². The minimum atomic E-state index is 0.0739. The Morgan fingerprint density at radius 2 is 2.00 bits per heavy atom. The molecule has 4 nitrogen and oxygen atoms in total. The van der Waals surface area contributed by atoms with E-state index in [1.807, 2.05) is 25.7 Å². The third-order valence-corrected chi connectivity index (χ3v) is 3.39. The number of nitrogens with zero attached hydrogens (tertiary/aromatic N) is 1. The highest BCUT2D eigenvalue weighted by Gasteiger charge is 2.34. The number of carbonyl (C=O) groups excluding carboxylic acids is 1. The van der Waals surface area contributed by atoms with Gasteiger partial charge < -0.3 is 15.1 Å². The number of rotatable bonds is 4. The topological polar surface area (TPSA) is 59.5 Å². The van der Waals surface area contributed by atoms with Gasteiger partial charge in [-0.2, -0.15) is 0 Å². The van der Waals surface area contributed by atoms with Crippen molar-refractivity contribution in [1.82, 2.24) is 4.90 Å². The maximum atomic E-state index is 12.5. The standard InChI is InChI=1S/C13H20N2O2/c1-8-9(2)17-10(3)12(8)13(16)15(7-6-14)11-4-5-11/h11H,4-7,14H2,1-3H3. The molecule has 17 heavy (non-hydrogen) atoms. The van der Waals surface area contributed by atoms with Gasteiger partial charge in [-0.05, 0) is 33.6 Å². The van der Waals surface area contributed by atoms with Crippen LogP contribution < -0.4 is 5.73 Å². The summed E-state index contributed by atoms with van der Waals surface area (Å²) in [6.45, 7) is 6.82. The van der Waals surface area contributed by atoms with Gasteiger partial charge in [0.15, 0.2) is 0 Å². The molecule has 1 heterocycles. The summed E-state index contributed by atoms with van der Waals surface area (Å²) < 4.78 is 5.52. The van der Waals surface area contributed by atoms with Gasteiger partial charge in [-0.25, -0.2) is 0 Å². The first kappa shape index (κ1) is 12.2. The minimum Gasteiger partial charge on any atom is -0.466 e. The Bertz CT molecular complexity index is 433. The summed E-state index contributed by atoms with van der Waals surface area (Å²) in [5.41, 5.74) is 7.25. The van der Waals surface area contributed by atoms with Gasteiger partial charge in [-0.1, -0.05) is 0 Å². The van der Waals surface area contributed by atoms with Gasteiger partial charge in [0.05, 0.1) is 5.56 Å². The van der Waals surface area contributed by atoms with Gasteiger partial charge in [0.1, 0.15) is 11.5 Å². The van der Waals surface area contributed by atoms with E-state index >= 15 is 0 Å². The van der Waals surface area contributed by atoms with Gasteiger partial charge >= 0.3 is 0 Å². The molecule has 0 aliphatic heterocycles. The monoisotopic (exact) mass is 236 g/mol. The molecule has 0 unspecified atom stereocenters. The molecule has 1 aromatic heterocycles. The van der Waals surface area contributed by atoms with Crippen LogP contribution in [0.25, 0.3) is 0 Å². The number of carbonyl (C=O) groups is 1. The molecule has 1 saturated carbocycles. The van der Waals surface area contributed by atoms with E-state index in [0.717, 1.165) is 29.7 Å². The Hall–Kier alpha value is -1.29. The lowest BCUT2D eigenvalue weighted by molar-refractivity contribution is 0.0746. The van der Waals surface area contributed by atoms with Crippen molar-refractivity contribution in [3.05, 3.63) is 22.6 Å². The first-order valence-electron chi connectivity index (χ1n) is 6.14. The van der Waals surface area contributed by atoms with E-state index in [1.165, 1.54) is 0 Å². The van der Waals surface area contributed by atoms with Crippen LogP contribution >= 0.6 is 0 Å². The van der Waals surface area contributed by atoms with Crippen molar-refractivity contribution in [3.8, 4) is 0 Å². The van der Waals surface area contributed by atoms with Gasteiger partial charge in [0.2, 0.25) is 0 Å².